The molecule has 3 aromatic rings. The molecule has 22 heavy (non-hydrogen) atoms. The van der Waals surface area contributed by atoms with Gasteiger partial charge in [-0.1, -0.05) is 30.3 Å². The Morgan fingerprint density at radius 3 is 2.77 bits per heavy atom. The maximum atomic E-state index is 5.90. The Kier molecular flexibility index (Phi) is 3.19. The van der Waals surface area contributed by atoms with Crippen molar-refractivity contribution in [3.05, 3.63) is 65.7 Å². The molecule has 0 unspecified atom stereocenters. The highest BCUT2D eigenvalue weighted by Gasteiger charge is 2.17. The highest BCUT2D eigenvalue weighted by Crippen LogP contribution is 2.28. The summed E-state index contributed by atoms with van der Waals surface area (Å²) in [6, 6.07) is 19.1. The monoisotopic (exact) mass is 290 g/mol. The standard InChI is InChI=1S/C19H18N2O/c1-14-7-8-15-12-16-13-21(17-5-3-2-4-6-17)9-10-22-19(16)20-18(15)11-14/h2-8,11-12H,9-10,13H2,1H3. The fraction of sp³-hybridized carbons (Fsp3) is 0.211. The molecular formula is C19H18N2O. The number of pyridine rings is 1. The van der Waals surface area contributed by atoms with Gasteiger partial charge in [0, 0.05) is 23.2 Å². The first-order valence-electron chi connectivity index (χ1n) is 7.63. The Bertz CT molecular complexity index is 814. The van der Waals surface area contributed by atoms with Gasteiger partial charge in [-0.15, -0.1) is 0 Å². The second-order valence-electron chi connectivity index (χ2n) is 5.75. The summed E-state index contributed by atoms with van der Waals surface area (Å²) in [5.41, 5.74) is 4.60. The molecular weight excluding hydrogens is 272 g/mol. The second-order valence-corrected chi connectivity index (χ2v) is 5.75. The molecule has 2 aromatic carbocycles. The van der Waals surface area contributed by atoms with E-state index >= 15 is 0 Å². The third-order valence-electron chi connectivity index (χ3n) is 4.09. The van der Waals surface area contributed by atoms with Gasteiger partial charge in [-0.25, -0.2) is 4.98 Å². The number of aromatic nitrogens is 1. The summed E-state index contributed by atoms with van der Waals surface area (Å²) in [6.45, 7) is 4.45. The second kappa shape index (κ2) is 5.34. The van der Waals surface area contributed by atoms with Crippen molar-refractivity contribution in [2.75, 3.05) is 18.1 Å². The van der Waals surface area contributed by atoms with Crippen molar-refractivity contribution in [2.24, 2.45) is 0 Å². The van der Waals surface area contributed by atoms with Gasteiger partial charge in [0.15, 0.2) is 0 Å². The van der Waals surface area contributed by atoms with Gasteiger partial charge in [-0.05, 0) is 36.8 Å². The number of hydrogen-bond acceptors (Lipinski definition) is 3. The highest BCUT2D eigenvalue weighted by atomic mass is 16.5. The molecule has 1 aromatic heterocycles. The molecule has 1 aliphatic rings. The summed E-state index contributed by atoms with van der Waals surface area (Å²) in [7, 11) is 0. The lowest BCUT2D eigenvalue weighted by Crippen LogP contribution is -2.25. The summed E-state index contributed by atoms with van der Waals surface area (Å²) in [6.07, 6.45) is 0. The topological polar surface area (TPSA) is 25.4 Å². The van der Waals surface area contributed by atoms with E-state index in [0.717, 1.165) is 30.0 Å². The number of nitrogens with zero attached hydrogens (tertiary/aromatic N) is 2. The van der Waals surface area contributed by atoms with Crippen molar-refractivity contribution < 1.29 is 4.74 Å². The van der Waals surface area contributed by atoms with Gasteiger partial charge in [-0.3, -0.25) is 0 Å². The summed E-state index contributed by atoms with van der Waals surface area (Å²) < 4.78 is 5.90. The number of hydrogen-bond donors (Lipinski definition) is 0. The number of aryl methyl sites for hydroxylation is 1. The predicted molar refractivity (Wildman–Crippen MR) is 89.5 cm³/mol. The van der Waals surface area contributed by atoms with Crippen molar-refractivity contribution in [1.29, 1.82) is 0 Å². The van der Waals surface area contributed by atoms with E-state index in [0.29, 0.717) is 6.61 Å². The zero-order valence-corrected chi connectivity index (χ0v) is 12.6. The van der Waals surface area contributed by atoms with Gasteiger partial charge in [-0.2, -0.15) is 0 Å². The van der Waals surface area contributed by atoms with E-state index in [-0.39, 0.29) is 0 Å². The average molecular weight is 290 g/mol. The van der Waals surface area contributed by atoms with Crippen molar-refractivity contribution in [2.45, 2.75) is 13.5 Å². The van der Waals surface area contributed by atoms with Crippen LogP contribution >= 0.6 is 0 Å². The summed E-state index contributed by atoms with van der Waals surface area (Å²) in [4.78, 5) is 7.06. The third-order valence-corrected chi connectivity index (χ3v) is 4.09. The van der Waals surface area contributed by atoms with Gasteiger partial charge in [0.2, 0.25) is 5.88 Å². The maximum absolute atomic E-state index is 5.90. The van der Waals surface area contributed by atoms with Gasteiger partial charge in [0.05, 0.1) is 12.1 Å². The summed E-state index contributed by atoms with van der Waals surface area (Å²) in [5.74, 6) is 0.775. The van der Waals surface area contributed by atoms with E-state index in [4.69, 9.17) is 9.72 Å². The fourth-order valence-corrected chi connectivity index (χ4v) is 2.94. The van der Waals surface area contributed by atoms with Crippen LogP contribution in [0.25, 0.3) is 10.9 Å². The van der Waals surface area contributed by atoms with E-state index < -0.39 is 0 Å². The lowest BCUT2D eigenvalue weighted by atomic mass is 10.1. The van der Waals surface area contributed by atoms with Crippen LogP contribution < -0.4 is 9.64 Å². The Hall–Kier alpha value is -2.55. The third kappa shape index (κ3) is 2.39. The van der Waals surface area contributed by atoms with Crippen LogP contribution in [0.2, 0.25) is 0 Å². The number of benzene rings is 2. The van der Waals surface area contributed by atoms with Crippen LogP contribution in [-0.4, -0.2) is 18.1 Å². The van der Waals surface area contributed by atoms with Crippen LogP contribution in [0.15, 0.2) is 54.6 Å². The number of para-hydroxylation sites is 1. The molecule has 0 fully saturated rings. The van der Waals surface area contributed by atoms with E-state index in [9.17, 15) is 0 Å². The van der Waals surface area contributed by atoms with Crippen LogP contribution in [0.3, 0.4) is 0 Å². The quantitative estimate of drug-likeness (QED) is 0.678. The van der Waals surface area contributed by atoms with Gasteiger partial charge < -0.3 is 9.64 Å². The highest BCUT2D eigenvalue weighted by molar-refractivity contribution is 5.81. The molecule has 0 saturated heterocycles. The van der Waals surface area contributed by atoms with Crippen LogP contribution in [-0.2, 0) is 6.54 Å². The van der Waals surface area contributed by atoms with Gasteiger partial charge in [0.25, 0.3) is 0 Å². The minimum absolute atomic E-state index is 0.659. The number of ether oxygens (including phenoxy) is 1. The van der Waals surface area contributed by atoms with E-state index in [1.54, 1.807) is 0 Å². The van der Waals surface area contributed by atoms with Crippen LogP contribution in [0, 0.1) is 6.92 Å². The zero-order valence-electron chi connectivity index (χ0n) is 12.6. The largest absolute Gasteiger partial charge is 0.476 e. The molecule has 1 aliphatic heterocycles. The normalized spacial score (nSPS) is 14.3. The molecule has 0 N–H and O–H groups in total. The first-order chi connectivity index (χ1) is 10.8. The Labute approximate surface area is 130 Å². The molecule has 0 atom stereocenters. The van der Waals surface area contributed by atoms with Crippen LogP contribution in [0.5, 0.6) is 5.88 Å². The molecule has 0 saturated carbocycles. The summed E-state index contributed by atoms with van der Waals surface area (Å²) >= 11 is 0. The molecule has 0 amide bonds. The average Bonchev–Trinajstić information content (AvgIpc) is 2.75. The number of fused-ring (bicyclic) bond motifs is 2. The van der Waals surface area contributed by atoms with E-state index in [1.807, 2.05) is 6.07 Å². The molecule has 0 aliphatic carbocycles. The molecule has 3 nitrogen and oxygen atoms in total. The predicted octanol–water partition coefficient (Wildman–Crippen LogP) is 3.94. The van der Waals surface area contributed by atoms with Crippen molar-refractivity contribution in [3.8, 4) is 5.88 Å². The van der Waals surface area contributed by atoms with Crippen molar-refractivity contribution in [1.82, 2.24) is 4.98 Å². The lowest BCUT2D eigenvalue weighted by molar-refractivity contribution is 0.320. The molecule has 0 bridgehead atoms. The van der Waals surface area contributed by atoms with Crippen LogP contribution in [0.4, 0.5) is 5.69 Å². The zero-order chi connectivity index (χ0) is 14.9. The lowest BCUT2D eigenvalue weighted by Gasteiger charge is -2.21. The minimum Gasteiger partial charge on any atom is -0.476 e. The minimum atomic E-state index is 0.659. The maximum Gasteiger partial charge on any atom is 0.219 e. The van der Waals surface area contributed by atoms with Gasteiger partial charge >= 0.3 is 0 Å². The molecule has 2 heterocycles. The summed E-state index contributed by atoms with van der Waals surface area (Å²) in [5, 5.41) is 1.17. The van der Waals surface area contributed by atoms with E-state index in [1.165, 1.54) is 16.6 Å². The molecule has 0 radical (unpaired) electrons. The number of rotatable bonds is 1. The first-order valence-corrected chi connectivity index (χ1v) is 7.63. The number of anilines is 1. The molecule has 3 heteroatoms. The Morgan fingerprint density at radius 2 is 1.91 bits per heavy atom. The molecule has 4 rings (SSSR count). The SMILES string of the molecule is Cc1ccc2cc3c(nc2c1)OCCN(c1ccccc1)C3. The fourth-order valence-electron chi connectivity index (χ4n) is 2.94. The van der Waals surface area contributed by atoms with Crippen molar-refractivity contribution >= 4 is 16.6 Å². The van der Waals surface area contributed by atoms with Gasteiger partial charge in [0.1, 0.15) is 6.61 Å². The van der Waals surface area contributed by atoms with Crippen molar-refractivity contribution in [3.63, 3.8) is 0 Å². The molecule has 110 valence electrons. The van der Waals surface area contributed by atoms with Crippen LogP contribution in [0.1, 0.15) is 11.1 Å². The first kappa shape index (κ1) is 13.1. The Morgan fingerprint density at radius 1 is 1.05 bits per heavy atom. The Balaban J connectivity index is 1.76. The van der Waals surface area contributed by atoms with E-state index in [2.05, 4.69) is 60.4 Å². The smallest absolute Gasteiger partial charge is 0.219 e. The molecule has 0 spiro atoms.